The molecule has 2 amide bonds. The van der Waals surface area contributed by atoms with E-state index < -0.39 is 6.10 Å². The van der Waals surface area contributed by atoms with Gasteiger partial charge in [-0.05, 0) is 13.0 Å². The van der Waals surface area contributed by atoms with Crippen LogP contribution < -0.4 is 10.1 Å². The molecule has 1 aliphatic heterocycles. The second-order valence-corrected chi connectivity index (χ2v) is 5.21. The van der Waals surface area contributed by atoms with E-state index >= 15 is 0 Å². The molecule has 2 aromatic rings. The topological polar surface area (TPSA) is 103 Å². The molecule has 9 heteroatoms. The summed E-state index contributed by atoms with van der Waals surface area (Å²) in [4.78, 5) is 18.2. The molecule has 1 N–H and O–H groups in total. The molecule has 2 aromatic heterocycles. The highest BCUT2D eigenvalue weighted by Gasteiger charge is 2.29. The molecule has 9 nitrogen and oxygen atoms in total. The molecule has 0 saturated carbocycles. The van der Waals surface area contributed by atoms with Crippen molar-refractivity contribution in [3.63, 3.8) is 0 Å². The predicted molar refractivity (Wildman–Crippen MR) is 83.7 cm³/mol. The van der Waals surface area contributed by atoms with E-state index in [-0.39, 0.29) is 6.03 Å². The fourth-order valence-electron chi connectivity index (χ4n) is 2.32. The zero-order valence-electron chi connectivity index (χ0n) is 13.6. The summed E-state index contributed by atoms with van der Waals surface area (Å²) >= 11 is 0. The van der Waals surface area contributed by atoms with Gasteiger partial charge in [-0.3, -0.25) is 0 Å². The Morgan fingerprint density at radius 3 is 3.00 bits per heavy atom. The number of nitrogens with one attached hydrogen (secondary N) is 1. The van der Waals surface area contributed by atoms with Gasteiger partial charge in [0.15, 0.2) is 6.10 Å². The van der Waals surface area contributed by atoms with E-state index in [0.29, 0.717) is 49.7 Å². The molecular formula is C15H19N5O4. The Hall–Kier alpha value is -2.68. The maximum atomic E-state index is 12.4. The average Bonchev–Trinajstić information content (AvgIpc) is 3.03. The minimum Gasteiger partial charge on any atom is -0.478 e. The summed E-state index contributed by atoms with van der Waals surface area (Å²) in [5.74, 6) is 1.37. The monoisotopic (exact) mass is 333 g/mol. The van der Waals surface area contributed by atoms with E-state index in [1.165, 1.54) is 0 Å². The Balaban J connectivity index is 1.59. The third-order valence-electron chi connectivity index (χ3n) is 3.45. The molecule has 1 saturated heterocycles. The Morgan fingerprint density at radius 1 is 1.46 bits per heavy atom. The summed E-state index contributed by atoms with van der Waals surface area (Å²) in [6.07, 6.45) is 1.14. The summed E-state index contributed by atoms with van der Waals surface area (Å²) in [6.45, 7) is 5.38. The summed E-state index contributed by atoms with van der Waals surface area (Å²) in [7, 11) is 0. The molecule has 1 atom stereocenters. The Labute approximate surface area is 139 Å². The second-order valence-electron chi connectivity index (χ2n) is 5.21. The number of carbonyl (C=O) groups is 1. The first-order valence-electron chi connectivity index (χ1n) is 7.72. The first-order chi connectivity index (χ1) is 11.7. The first-order valence-corrected chi connectivity index (χ1v) is 7.72. The summed E-state index contributed by atoms with van der Waals surface area (Å²) in [5.41, 5.74) is 0.597. The van der Waals surface area contributed by atoms with Gasteiger partial charge in [-0.2, -0.15) is 0 Å². The maximum Gasteiger partial charge on any atom is 0.322 e. The number of pyridine rings is 1. The van der Waals surface area contributed by atoms with Crippen LogP contribution in [-0.4, -0.2) is 52.4 Å². The highest BCUT2D eigenvalue weighted by atomic mass is 16.5. The quantitative estimate of drug-likeness (QED) is 0.909. The normalized spacial score (nSPS) is 17.6. The first kappa shape index (κ1) is 16.2. The van der Waals surface area contributed by atoms with Gasteiger partial charge in [-0.15, -0.1) is 10.2 Å². The van der Waals surface area contributed by atoms with Gasteiger partial charge in [-0.25, -0.2) is 9.78 Å². The lowest BCUT2D eigenvalue weighted by molar-refractivity contribution is -0.0274. The number of aryl methyl sites for hydroxylation is 1. The molecule has 1 fully saturated rings. The summed E-state index contributed by atoms with van der Waals surface area (Å²) < 4.78 is 16.3. The van der Waals surface area contributed by atoms with Crippen LogP contribution in [0.2, 0.25) is 0 Å². The van der Waals surface area contributed by atoms with E-state index in [4.69, 9.17) is 13.9 Å². The molecule has 24 heavy (non-hydrogen) atoms. The van der Waals surface area contributed by atoms with Crippen molar-refractivity contribution in [3.8, 4) is 5.88 Å². The fourth-order valence-corrected chi connectivity index (χ4v) is 2.32. The number of hydrogen-bond acceptors (Lipinski definition) is 7. The van der Waals surface area contributed by atoms with Crippen LogP contribution in [0.1, 0.15) is 24.8 Å². The highest BCUT2D eigenvalue weighted by Crippen LogP contribution is 2.21. The van der Waals surface area contributed by atoms with E-state index in [9.17, 15) is 4.79 Å². The third-order valence-corrected chi connectivity index (χ3v) is 3.45. The molecule has 0 radical (unpaired) electrons. The lowest BCUT2D eigenvalue weighted by Crippen LogP contribution is -2.44. The van der Waals surface area contributed by atoms with Crippen molar-refractivity contribution in [2.24, 2.45) is 0 Å². The number of rotatable bonds is 4. The molecular weight excluding hydrogens is 314 g/mol. The van der Waals surface area contributed by atoms with Crippen molar-refractivity contribution in [2.75, 3.05) is 31.6 Å². The number of hydrogen-bond donors (Lipinski definition) is 1. The van der Waals surface area contributed by atoms with E-state index in [1.54, 1.807) is 30.2 Å². The number of amides is 2. The van der Waals surface area contributed by atoms with Crippen molar-refractivity contribution < 1.29 is 18.7 Å². The third kappa shape index (κ3) is 3.80. The zero-order valence-corrected chi connectivity index (χ0v) is 13.6. The number of anilines is 1. The molecule has 1 aliphatic rings. The molecule has 0 aromatic carbocycles. The molecule has 3 heterocycles. The highest BCUT2D eigenvalue weighted by molar-refractivity contribution is 5.89. The van der Waals surface area contributed by atoms with E-state index in [2.05, 4.69) is 20.5 Å². The zero-order chi connectivity index (χ0) is 16.9. The number of ether oxygens (including phenoxy) is 2. The molecule has 3 rings (SSSR count). The molecule has 0 unspecified atom stereocenters. The molecule has 0 bridgehead atoms. The van der Waals surface area contributed by atoms with Crippen molar-refractivity contribution in [2.45, 2.75) is 20.0 Å². The van der Waals surface area contributed by atoms with Gasteiger partial charge < -0.3 is 24.1 Å². The van der Waals surface area contributed by atoms with Crippen LogP contribution in [0.3, 0.4) is 0 Å². The number of aromatic nitrogens is 3. The average molecular weight is 333 g/mol. The van der Waals surface area contributed by atoms with Crippen molar-refractivity contribution in [1.82, 2.24) is 20.1 Å². The minimum absolute atomic E-state index is 0.231. The van der Waals surface area contributed by atoms with Gasteiger partial charge in [0.1, 0.15) is 0 Å². The fraction of sp³-hybridized carbons (Fsp3) is 0.467. The number of urea groups is 1. The van der Waals surface area contributed by atoms with Gasteiger partial charge in [0.2, 0.25) is 17.7 Å². The summed E-state index contributed by atoms with van der Waals surface area (Å²) in [6, 6.07) is 3.22. The minimum atomic E-state index is -0.413. The Morgan fingerprint density at radius 2 is 2.33 bits per heavy atom. The van der Waals surface area contributed by atoms with Crippen molar-refractivity contribution >= 4 is 11.7 Å². The smallest absolute Gasteiger partial charge is 0.322 e. The van der Waals surface area contributed by atoms with E-state index in [0.717, 1.165) is 0 Å². The van der Waals surface area contributed by atoms with Gasteiger partial charge >= 0.3 is 6.03 Å². The predicted octanol–water partition coefficient (Wildman–Crippen LogP) is 1.78. The van der Waals surface area contributed by atoms with Crippen LogP contribution in [0.5, 0.6) is 5.88 Å². The summed E-state index contributed by atoms with van der Waals surface area (Å²) in [5, 5.41) is 10.5. The number of morpholine rings is 1. The molecule has 0 aliphatic carbocycles. The largest absolute Gasteiger partial charge is 0.478 e. The maximum absolute atomic E-state index is 12.4. The van der Waals surface area contributed by atoms with Crippen LogP contribution in [0, 0.1) is 6.92 Å². The Kier molecular flexibility index (Phi) is 4.90. The van der Waals surface area contributed by atoms with Gasteiger partial charge in [0.05, 0.1) is 31.6 Å². The van der Waals surface area contributed by atoms with Crippen LogP contribution in [-0.2, 0) is 4.74 Å². The number of carbonyl (C=O) groups excluding carboxylic acids is 1. The van der Waals surface area contributed by atoms with Crippen LogP contribution in [0.15, 0.2) is 22.7 Å². The van der Waals surface area contributed by atoms with Gasteiger partial charge in [-0.1, -0.05) is 0 Å². The molecule has 0 spiro atoms. The van der Waals surface area contributed by atoms with Crippen LogP contribution in [0.25, 0.3) is 0 Å². The van der Waals surface area contributed by atoms with Gasteiger partial charge in [0.25, 0.3) is 0 Å². The Bertz CT molecular complexity index is 687. The number of nitrogens with zero attached hydrogens (tertiary/aromatic N) is 4. The van der Waals surface area contributed by atoms with E-state index in [1.807, 2.05) is 6.92 Å². The van der Waals surface area contributed by atoms with Crippen molar-refractivity contribution in [1.29, 1.82) is 0 Å². The SMILES string of the molecule is CCOc1ccc(NC(=O)N2CCO[C@H](c3nnc(C)o3)C2)cn1. The van der Waals surface area contributed by atoms with Gasteiger partial charge in [0, 0.05) is 19.5 Å². The molecule has 128 valence electrons. The standard InChI is InChI=1S/C15H19N5O4/c1-3-22-13-5-4-11(8-16-13)17-15(21)20-6-7-23-12(9-20)14-19-18-10(2)24-14/h4-5,8,12H,3,6-7,9H2,1-2H3,(H,17,21)/t12-/m0/s1. The van der Waals surface area contributed by atoms with Crippen LogP contribution in [0.4, 0.5) is 10.5 Å². The lowest BCUT2D eigenvalue weighted by atomic mass is 10.3. The lowest BCUT2D eigenvalue weighted by Gasteiger charge is -2.31. The van der Waals surface area contributed by atoms with Crippen molar-refractivity contribution in [3.05, 3.63) is 30.1 Å². The second kappa shape index (κ2) is 7.26. The van der Waals surface area contributed by atoms with Crippen LogP contribution >= 0.6 is 0 Å².